The van der Waals surface area contributed by atoms with Crippen LogP contribution in [0.2, 0.25) is 0 Å². The van der Waals surface area contributed by atoms with Gasteiger partial charge in [0.25, 0.3) is 0 Å². The lowest BCUT2D eigenvalue weighted by Crippen LogP contribution is -2.25. The predicted molar refractivity (Wildman–Crippen MR) is 115 cm³/mol. The maximum absolute atomic E-state index is 11.7. The molecule has 1 heterocycles. The molecule has 1 aromatic carbocycles. The Bertz CT molecular complexity index is 877. The number of nitrogens with one attached hydrogen (secondary N) is 3. The standard InChI is InChI=1S/C18H23N5O2S2/c1-6-25-18(24)20-16-15(13(5)23-27-16)12(4)21-22-17(26)19-14-8-7-10(2)9-11(14)3/h7-9H,6H2,1-5H3,(H,20,24)(H2,19,22,26)/b21-12+. The van der Waals surface area contributed by atoms with Crippen LogP contribution < -0.4 is 16.1 Å². The van der Waals surface area contributed by atoms with E-state index < -0.39 is 6.09 Å². The van der Waals surface area contributed by atoms with E-state index in [2.05, 4.69) is 31.6 Å². The number of benzene rings is 1. The van der Waals surface area contributed by atoms with Crippen molar-refractivity contribution in [1.29, 1.82) is 0 Å². The van der Waals surface area contributed by atoms with Crippen LogP contribution in [0.25, 0.3) is 0 Å². The first-order chi connectivity index (χ1) is 12.8. The molecule has 0 aliphatic heterocycles. The Hall–Kier alpha value is -2.52. The monoisotopic (exact) mass is 405 g/mol. The lowest BCUT2D eigenvalue weighted by Gasteiger charge is -2.11. The molecule has 144 valence electrons. The Labute approximate surface area is 168 Å². The fourth-order valence-corrected chi connectivity index (χ4v) is 3.43. The molecule has 27 heavy (non-hydrogen) atoms. The highest BCUT2D eigenvalue weighted by Gasteiger charge is 2.16. The van der Waals surface area contributed by atoms with Gasteiger partial charge in [-0.25, -0.2) is 4.79 Å². The summed E-state index contributed by atoms with van der Waals surface area (Å²) in [6.07, 6.45) is -0.518. The topological polar surface area (TPSA) is 87.6 Å². The SMILES string of the molecule is CCOC(=O)Nc1snc(C)c1/C(C)=N/NC(=S)Nc1ccc(C)cc1C. The predicted octanol–water partition coefficient (Wildman–Crippen LogP) is 4.35. The Kier molecular flexibility index (Phi) is 7.26. The van der Waals surface area contributed by atoms with Crippen molar-refractivity contribution in [2.75, 3.05) is 17.2 Å². The van der Waals surface area contributed by atoms with E-state index in [1.165, 1.54) is 17.1 Å². The minimum absolute atomic E-state index is 0.298. The van der Waals surface area contributed by atoms with Crippen LogP contribution in [0.15, 0.2) is 23.3 Å². The van der Waals surface area contributed by atoms with Gasteiger partial charge in [-0.05, 0) is 70.0 Å². The maximum Gasteiger partial charge on any atom is 0.412 e. The van der Waals surface area contributed by atoms with Gasteiger partial charge in [0.2, 0.25) is 0 Å². The zero-order valence-electron chi connectivity index (χ0n) is 16.0. The first kappa shape index (κ1) is 20.8. The molecule has 3 N–H and O–H groups in total. The summed E-state index contributed by atoms with van der Waals surface area (Å²) in [5, 5.41) is 11.1. The largest absolute Gasteiger partial charge is 0.450 e. The lowest BCUT2D eigenvalue weighted by molar-refractivity contribution is 0.168. The molecule has 9 heteroatoms. The average Bonchev–Trinajstić information content (AvgIpc) is 2.96. The molecular weight excluding hydrogens is 382 g/mol. The van der Waals surface area contributed by atoms with Gasteiger partial charge in [0.1, 0.15) is 5.00 Å². The summed E-state index contributed by atoms with van der Waals surface area (Å²) in [5.41, 5.74) is 8.20. The first-order valence-electron chi connectivity index (χ1n) is 8.40. The molecule has 0 aliphatic rings. The number of aromatic nitrogens is 1. The van der Waals surface area contributed by atoms with E-state index in [9.17, 15) is 4.79 Å². The van der Waals surface area contributed by atoms with Crippen molar-refractivity contribution in [3.8, 4) is 0 Å². The average molecular weight is 406 g/mol. The number of rotatable bonds is 5. The quantitative estimate of drug-likeness (QED) is 0.389. The smallest absolute Gasteiger partial charge is 0.412 e. The first-order valence-corrected chi connectivity index (χ1v) is 9.59. The van der Waals surface area contributed by atoms with Crippen molar-refractivity contribution in [2.45, 2.75) is 34.6 Å². The number of ether oxygens (including phenoxy) is 1. The van der Waals surface area contributed by atoms with Crippen LogP contribution in [0.1, 0.15) is 36.2 Å². The second kappa shape index (κ2) is 9.43. The van der Waals surface area contributed by atoms with E-state index in [1.54, 1.807) is 6.92 Å². The minimum atomic E-state index is -0.518. The number of nitrogens with zero attached hydrogens (tertiary/aromatic N) is 2. The van der Waals surface area contributed by atoms with Crippen LogP contribution in [-0.4, -0.2) is 27.9 Å². The van der Waals surface area contributed by atoms with Gasteiger partial charge in [0.15, 0.2) is 5.11 Å². The normalized spacial score (nSPS) is 11.1. The molecule has 0 saturated heterocycles. The number of hydrogen-bond acceptors (Lipinski definition) is 6. The number of carbonyl (C=O) groups is 1. The number of thiocarbonyl (C=S) groups is 1. The van der Waals surface area contributed by atoms with Gasteiger partial charge in [-0.15, -0.1) is 0 Å². The third kappa shape index (κ3) is 5.73. The second-order valence-corrected chi connectivity index (χ2v) is 7.08. The summed E-state index contributed by atoms with van der Waals surface area (Å²) < 4.78 is 9.20. The summed E-state index contributed by atoms with van der Waals surface area (Å²) in [6.45, 7) is 9.78. The molecular formula is C18H23N5O2S2. The zero-order chi connectivity index (χ0) is 20.0. The molecule has 1 aromatic heterocycles. The molecule has 0 bridgehead atoms. The van der Waals surface area contributed by atoms with Crippen LogP contribution in [0.3, 0.4) is 0 Å². The molecule has 2 aromatic rings. The van der Waals surface area contributed by atoms with Crippen LogP contribution in [0, 0.1) is 20.8 Å². The third-order valence-electron chi connectivity index (χ3n) is 3.67. The van der Waals surface area contributed by atoms with Crippen LogP contribution in [0.5, 0.6) is 0 Å². The third-order valence-corrected chi connectivity index (χ3v) is 4.72. The molecule has 0 atom stereocenters. The van der Waals surface area contributed by atoms with E-state index >= 15 is 0 Å². The maximum atomic E-state index is 11.7. The highest BCUT2D eigenvalue weighted by molar-refractivity contribution is 7.80. The summed E-state index contributed by atoms with van der Waals surface area (Å²) in [6, 6.07) is 6.07. The van der Waals surface area contributed by atoms with Gasteiger partial charge in [-0.1, -0.05) is 17.7 Å². The Morgan fingerprint density at radius 2 is 2.04 bits per heavy atom. The van der Waals surface area contributed by atoms with Crippen LogP contribution >= 0.6 is 23.8 Å². The molecule has 0 unspecified atom stereocenters. The lowest BCUT2D eigenvalue weighted by atomic mass is 10.1. The minimum Gasteiger partial charge on any atom is -0.450 e. The summed E-state index contributed by atoms with van der Waals surface area (Å²) in [4.78, 5) is 11.7. The number of hydrazone groups is 1. The van der Waals surface area contributed by atoms with Crippen molar-refractivity contribution in [2.24, 2.45) is 5.10 Å². The summed E-state index contributed by atoms with van der Waals surface area (Å²) in [5.74, 6) is 0. The molecule has 2 rings (SSSR count). The van der Waals surface area contributed by atoms with Gasteiger partial charge in [0.05, 0.1) is 23.6 Å². The Morgan fingerprint density at radius 3 is 2.70 bits per heavy atom. The molecule has 1 amide bonds. The van der Waals surface area contributed by atoms with E-state index in [0.29, 0.717) is 22.4 Å². The Balaban J connectivity index is 2.07. The van der Waals surface area contributed by atoms with Gasteiger partial charge < -0.3 is 10.1 Å². The highest BCUT2D eigenvalue weighted by Crippen LogP contribution is 2.25. The number of amides is 1. The fraction of sp³-hybridized carbons (Fsp3) is 0.333. The molecule has 0 radical (unpaired) electrons. The van der Waals surface area contributed by atoms with Gasteiger partial charge in [-0.3, -0.25) is 10.7 Å². The van der Waals surface area contributed by atoms with Gasteiger partial charge >= 0.3 is 6.09 Å². The number of hydrogen-bond donors (Lipinski definition) is 3. The van der Waals surface area contributed by atoms with Crippen molar-refractivity contribution in [1.82, 2.24) is 9.80 Å². The van der Waals surface area contributed by atoms with Crippen molar-refractivity contribution in [3.05, 3.63) is 40.6 Å². The van der Waals surface area contributed by atoms with E-state index in [1.807, 2.05) is 39.8 Å². The van der Waals surface area contributed by atoms with Crippen LogP contribution in [-0.2, 0) is 4.74 Å². The van der Waals surface area contributed by atoms with Crippen molar-refractivity contribution in [3.63, 3.8) is 0 Å². The molecule has 0 fully saturated rings. The Morgan fingerprint density at radius 1 is 1.30 bits per heavy atom. The zero-order valence-corrected chi connectivity index (χ0v) is 17.6. The van der Waals surface area contributed by atoms with Crippen LogP contribution in [0.4, 0.5) is 15.5 Å². The number of aryl methyl sites for hydroxylation is 3. The summed E-state index contributed by atoms with van der Waals surface area (Å²) >= 11 is 6.49. The van der Waals surface area contributed by atoms with Gasteiger partial charge in [-0.2, -0.15) is 9.47 Å². The summed E-state index contributed by atoms with van der Waals surface area (Å²) in [7, 11) is 0. The number of carbonyl (C=O) groups excluding carboxylic acids is 1. The highest BCUT2D eigenvalue weighted by atomic mass is 32.1. The molecule has 0 aliphatic carbocycles. The van der Waals surface area contributed by atoms with Gasteiger partial charge in [0, 0.05) is 5.69 Å². The fourth-order valence-electron chi connectivity index (χ4n) is 2.44. The van der Waals surface area contributed by atoms with E-state index in [4.69, 9.17) is 17.0 Å². The number of anilines is 2. The van der Waals surface area contributed by atoms with E-state index in [0.717, 1.165) is 22.5 Å². The molecule has 0 spiro atoms. The molecule has 7 nitrogen and oxygen atoms in total. The molecule has 0 saturated carbocycles. The van der Waals surface area contributed by atoms with E-state index in [-0.39, 0.29) is 0 Å². The van der Waals surface area contributed by atoms with Crippen molar-refractivity contribution >= 4 is 51.4 Å². The van der Waals surface area contributed by atoms with Crippen molar-refractivity contribution < 1.29 is 9.53 Å². The second-order valence-electron chi connectivity index (χ2n) is 5.90.